The topological polar surface area (TPSA) is 85.4 Å². The zero-order valence-electron chi connectivity index (χ0n) is 18.3. The molecule has 31 heavy (non-hydrogen) atoms. The number of methoxy groups -OCH3 is 3. The Labute approximate surface area is 182 Å². The maximum Gasteiger partial charge on any atom is 0.305 e. The predicted molar refractivity (Wildman–Crippen MR) is 118 cm³/mol. The molecule has 0 fully saturated rings. The zero-order valence-corrected chi connectivity index (χ0v) is 18.3. The third kappa shape index (κ3) is 6.74. The van der Waals surface area contributed by atoms with E-state index >= 15 is 0 Å². The predicted octanol–water partition coefficient (Wildman–Crippen LogP) is 3.04. The lowest BCUT2D eigenvalue weighted by atomic mass is 10.2. The molecule has 2 aromatic carbocycles. The van der Waals surface area contributed by atoms with Crippen LogP contribution in [0.15, 0.2) is 48.5 Å². The first kappa shape index (κ1) is 23.7. The monoisotopic (exact) mass is 428 g/mol. The van der Waals surface area contributed by atoms with E-state index < -0.39 is 0 Å². The standard InChI is InChI=1S/C23H28N2O6/c1-17(26)25(19-9-13-21(30-3)14-10-19)16-22(27)24(15-5-6-23(28)31-4)18-7-11-20(29-2)12-8-18/h7-14H,5-6,15-16H2,1-4H3. The summed E-state index contributed by atoms with van der Waals surface area (Å²) < 4.78 is 15.0. The molecule has 166 valence electrons. The van der Waals surface area contributed by atoms with E-state index in [4.69, 9.17) is 9.47 Å². The number of amides is 2. The molecule has 8 nitrogen and oxygen atoms in total. The van der Waals surface area contributed by atoms with Crippen molar-refractivity contribution in [2.75, 3.05) is 44.2 Å². The molecule has 0 N–H and O–H groups in total. The van der Waals surface area contributed by atoms with Gasteiger partial charge in [0.05, 0.1) is 21.3 Å². The van der Waals surface area contributed by atoms with Crippen LogP contribution in [-0.2, 0) is 19.1 Å². The van der Waals surface area contributed by atoms with Crippen LogP contribution in [0.4, 0.5) is 11.4 Å². The van der Waals surface area contributed by atoms with Crippen LogP contribution in [0.5, 0.6) is 11.5 Å². The minimum atomic E-state index is -0.342. The Balaban J connectivity index is 2.23. The van der Waals surface area contributed by atoms with Crippen molar-refractivity contribution in [2.24, 2.45) is 0 Å². The van der Waals surface area contributed by atoms with E-state index in [1.807, 2.05) is 0 Å². The Morgan fingerprint density at radius 2 is 1.26 bits per heavy atom. The zero-order chi connectivity index (χ0) is 22.8. The van der Waals surface area contributed by atoms with Gasteiger partial charge >= 0.3 is 5.97 Å². The Hall–Kier alpha value is -3.55. The second-order valence-electron chi connectivity index (χ2n) is 6.73. The van der Waals surface area contributed by atoms with E-state index in [0.29, 0.717) is 35.8 Å². The van der Waals surface area contributed by atoms with Crippen LogP contribution in [0.2, 0.25) is 0 Å². The average Bonchev–Trinajstić information content (AvgIpc) is 2.80. The van der Waals surface area contributed by atoms with Gasteiger partial charge in [-0.3, -0.25) is 14.4 Å². The molecule has 0 atom stereocenters. The summed E-state index contributed by atoms with van der Waals surface area (Å²) in [5, 5.41) is 0. The number of anilines is 2. The van der Waals surface area contributed by atoms with Crippen LogP contribution in [0.3, 0.4) is 0 Å². The van der Waals surface area contributed by atoms with Crippen LogP contribution in [0.25, 0.3) is 0 Å². The van der Waals surface area contributed by atoms with Crippen molar-refractivity contribution in [1.82, 2.24) is 0 Å². The summed E-state index contributed by atoms with van der Waals surface area (Å²) in [6.45, 7) is 1.56. The molecule has 8 heteroatoms. The van der Waals surface area contributed by atoms with E-state index in [1.54, 1.807) is 67.7 Å². The van der Waals surface area contributed by atoms with Crippen LogP contribution in [-0.4, -0.2) is 52.2 Å². The number of nitrogens with zero attached hydrogens (tertiary/aromatic N) is 2. The van der Waals surface area contributed by atoms with Crippen LogP contribution < -0.4 is 19.3 Å². The number of carbonyl (C=O) groups excluding carboxylic acids is 3. The van der Waals surface area contributed by atoms with Gasteiger partial charge < -0.3 is 24.0 Å². The van der Waals surface area contributed by atoms with Crippen molar-refractivity contribution in [1.29, 1.82) is 0 Å². The SMILES string of the molecule is COC(=O)CCCN(C(=O)CN(C(C)=O)c1ccc(OC)cc1)c1ccc(OC)cc1. The quantitative estimate of drug-likeness (QED) is 0.541. The van der Waals surface area contributed by atoms with Crippen molar-refractivity contribution in [3.8, 4) is 11.5 Å². The van der Waals surface area contributed by atoms with Crippen molar-refractivity contribution < 1.29 is 28.6 Å². The Morgan fingerprint density at radius 1 is 0.774 bits per heavy atom. The number of esters is 1. The summed E-state index contributed by atoms with van der Waals surface area (Å²) in [7, 11) is 4.45. The number of benzene rings is 2. The highest BCUT2D eigenvalue weighted by molar-refractivity contribution is 6.03. The van der Waals surface area contributed by atoms with E-state index in [0.717, 1.165) is 0 Å². The Kier molecular flexibility index (Phi) is 8.87. The van der Waals surface area contributed by atoms with Gasteiger partial charge in [0.25, 0.3) is 0 Å². The highest BCUT2D eigenvalue weighted by Gasteiger charge is 2.22. The first-order chi connectivity index (χ1) is 14.9. The summed E-state index contributed by atoms with van der Waals surface area (Å²) in [5.41, 5.74) is 1.24. The molecule has 0 aliphatic carbocycles. The van der Waals surface area contributed by atoms with E-state index in [1.165, 1.54) is 18.9 Å². The lowest BCUT2D eigenvalue weighted by Gasteiger charge is -2.27. The normalized spacial score (nSPS) is 10.2. The van der Waals surface area contributed by atoms with E-state index in [2.05, 4.69) is 4.74 Å². The minimum absolute atomic E-state index is 0.147. The Morgan fingerprint density at radius 3 is 1.68 bits per heavy atom. The second-order valence-corrected chi connectivity index (χ2v) is 6.73. The number of ether oxygens (including phenoxy) is 3. The van der Waals surface area contributed by atoms with E-state index in [9.17, 15) is 14.4 Å². The van der Waals surface area contributed by atoms with Crippen molar-refractivity contribution in [3.63, 3.8) is 0 Å². The van der Waals surface area contributed by atoms with E-state index in [-0.39, 0.29) is 30.7 Å². The van der Waals surface area contributed by atoms with Crippen LogP contribution >= 0.6 is 0 Å². The summed E-state index contributed by atoms with van der Waals surface area (Å²) >= 11 is 0. The molecule has 0 aliphatic rings. The fourth-order valence-corrected chi connectivity index (χ4v) is 3.01. The summed E-state index contributed by atoms with van der Waals surface area (Å²) in [6, 6.07) is 13.9. The van der Waals surface area contributed by atoms with Crippen molar-refractivity contribution >= 4 is 29.2 Å². The molecular formula is C23H28N2O6. The highest BCUT2D eigenvalue weighted by Crippen LogP contribution is 2.23. The molecule has 0 radical (unpaired) electrons. The largest absolute Gasteiger partial charge is 0.497 e. The molecular weight excluding hydrogens is 400 g/mol. The van der Waals surface area contributed by atoms with Crippen LogP contribution in [0.1, 0.15) is 19.8 Å². The molecule has 0 spiro atoms. The summed E-state index contributed by atoms with van der Waals surface area (Å²) in [5.74, 6) is 0.435. The Bertz CT molecular complexity index is 880. The van der Waals surface area contributed by atoms with Crippen LogP contribution in [0, 0.1) is 0 Å². The van der Waals surface area contributed by atoms with Gasteiger partial charge in [0.2, 0.25) is 11.8 Å². The molecule has 0 heterocycles. The van der Waals surface area contributed by atoms with Gasteiger partial charge in [-0.05, 0) is 55.0 Å². The lowest BCUT2D eigenvalue weighted by molar-refractivity contribution is -0.140. The summed E-state index contributed by atoms with van der Waals surface area (Å²) in [4.78, 5) is 39.9. The molecule has 0 saturated heterocycles. The number of rotatable bonds is 10. The van der Waals surface area contributed by atoms with Gasteiger partial charge in [-0.25, -0.2) is 0 Å². The second kappa shape index (κ2) is 11.6. The lowest BCUT2D eigenvalue weighted by Crippen LogP contribution is -2.43. The molecule has 2 rings (SSSR count). The highest BCUT2D eigenvalue weighted by atomic mass is 16.5. The van der Waals surface area contributed by atoms with Gasteiger partial charge in [-0.2, -0.15) is 0 Å². The fraction of sp³-hybridized carbons (Fsp3) is 0.348. The fourth-order valence-electron chi connectivity index (χ4n) is 3.01. The number of hydrogen-bond donors (Lipinski definition) is 0. The first-order valence-electron chi connectivity index (χ1n) is 9.83. The third-order valence-corrected chi connectivity index (χ3v) is 4.73. The molecule has 0 aliphatic heterocycles. The summed E-state index contributed by atoms with van der Waals surface area (Å²) in [6.07, 6.45) is 0.610. The maximum absolute atomic E-state index is 13.2. The molecule has 0 unspecified atom stereocenters. The smallest absolute Gasteiger partial charge is 0.305 e. The average molecular weight is 428 g/mol. The van der Waals surface area contributed by atoms with Gasteiger partial charge in [-0.15, -0.1) is 0 Å². The van der Waals surface area contributed by atoms with Gasteiger partial charge in [-0.1, -0.05) is 0 Å². The molecule has 2 aromatic rings. The van der Waals surface area contributed by atoms with Gasteiger partial charge in [0.1, 0.15) is 18.0 Å². The minimum Gasteiger partial charge on any atom is -0.497 e. The number of carbonyl (C=O) groups is 3. The third-order valence-electron chi connectivity index (χ3n) is 4.73. The van der Waals surface area contributed by atoms with Crippen molar-refractivity contribution in [2.45, 2.75) is 19.8 Å². The first-order valence-corrected chi connectivity index (χ1v) is 9.83. The maximum atomic E-state index is 13.2. The molecule has 0 aromatic heterocycles. The van der Waals surface area contributed by atoms with Crippen molar-refractivity contribution in [3.05, 3.63) is 48.5 Å². The van der Waals surface area contributed by atoms with Gasteiger partial charge in [0, 0.05) is 31.3 Å². The number of hydrogen-bond acceptors (Lipinski definition) is 6. The molecule has 0 saturated carbocycles. The van der Waals surface area contributed by atoms with Gasteiger partial charge in [0.15, 0.2) is 0 Å². The molecule has 2 amide bonds. The molecule has 0 bridgehead atoms.